The lowest BCUT2D eigenvalue weighted by Crippen LogP contribution is -2.48. The molecule has 0 N–H and O–H groups in total. The molecule has 3 rings (SSSR count). The highest BCUT2D eigenvalue weighted by Gasteiger charge is 2.24. The number of rotatable bonds is 4. The van der Waals surface area contributed by atoms with Gasteiger partial charge in [0.25, 0.3) is 0 Å². The fourth-order valence-corrected chi connectivity index (χ4v) is 3.33. The molecule has 124 valence electrons. The molecule has 1 aromatic carbocycles. The Bertz CT molecular complexity index is 768. The molecule has 1 aliphatic heterocycles. The van der Waals surface area contributed by atoms with Crippen LogP contribution in [-0.2, 0) is 16.6 Å². The second-order valence-corrected chi connectivity index (χ2v) is 7.40. The zero-order valence-electron chi connectivity index (χ0n) is 12.6. The van der Waals surface area contributed by atoms with Gasteiger partial charge in [0.2, 0.25) is 10.0 Å². The Kier molecular flexibility index (Phi) is 4.37. The summed E-state index contributed by atoms with van der Waals surface area (Å²) in [7, 11) is -3.14. The molecule has 0 unspecified atom stereocenters. The Morgan fingerprint density at radius 3 is 2.39 bits per heavy atom. The van der Waals surface area contributed by atoms with Crippen LogP contribution < -0.4 is 0 Å². The first-order valence-corrected chi connectivity index (χ1v) is 8.99. The summed E-state index contributed by atoms with van der Waals surface area (Å²) < 4.78 is 39.1. The summed E-state index contributed by atoms with van der Waals surface area (Å²) in [5.41, 5.74) is 0.682. The van der Waals surface area contributed by atoms with Gasteiger partial charge in [-0.3, -0.25) is 4.90 Å². The summed E-state index contributed by atoms with van der Waals surface area (Å²) in [5, 5.41) is 11.6. The molecule has 8 nitrogen and oxygen atoms in total. The molecular formula is C13H17FN6O2S. The van der Waals surface area contributed by atoms with Crippen molar-refractivity contribution in [3.63, 3.8) is 0 Å². The quantitative estimate of drug-likeness (QED) is 0.771. The molecule has 1 saturated heterocycles. The summed E-state index contributed by atoms with van der Waals surface area (Å²) in [5.74, 6) is 0.310. The average Bonchev–Trinajstić information content (AvgIpc) is 2.96. The van der Waals surface area contributed by atoms with Crippen LogP contribution >= 0.6 is 0 Å². The van der Waals surface area contributed by atoms with Crippen molar-refractivity contribution in [2.75, 3.05) is 32.4 Å². The van der Waals surface area contributed by atoms with Crippen LogP contribution in [0.2, 0.25) is 0 Å². The molecule has 10 heteroatoms. The molecule has 23 heavy (non-hydrogen) atoms. The van der Waals surface area contributed by atoms with Crippen molar-refractivity contribution >= 4 is 10.0 Å². The Labute approximate surface area is 133 Å². The van der Waals surface area contributed by atoms with Crippen LogP contribution in [0.5, 0.6) is 0 Å². The van der Waals surface area contributed by atoms with Crippen molar-refractivity contribution in [1.29, 1.82) is 0 Å². The van der Waals surface area contributed by atoms with E-state index in [1.807, 2.05) is 0 Å². The third-order valence-electron chi connectivity index (χ3n) is 3.77. The topological polar surface area (TPSA) is 84.2 Å². The van der Waals surface area contributed by atoms with Crippen molar-refractivity contribution in [1.82, 2.24) is 29.4 Å². The molecule has 0 aliphatic carbocycles. The number of nitrogens with zero attached hydrogens (tertiary/aromatic N) is 6. The second kappa shape index (κ2) is 6.30. The molecule has 0 saturated carbocycles. The van der Waals surface area contributed by atoms with Gasteiger partial charge in [-0.05, 0) is 34.7 Å². The molecule has 0 bridgehead atoms. The van der Waals surface area contributed by atoms with Gasteiger partial charge in [0.05, 0.1) is 18.5 Å². The van der Waals surface area contributed by atoms with Gasteiger partial charge in [-0.25, -0.2) is 12.8 Å². The maximum Gasteiger partial charge on any atom is 0.211 e. The number of benzene rings is 1. The molecule has 2 aromatic rings. The highest BCUT2D eigenvalue weighted by Crippen LogP contribution is 2.13. The predicted molar refractivity (Wildman–Crippen MR) is 80.8 cm³/mol. The van der Waals surface area contributed by atoms with E-state index < -0.39 is 10.0 Å². The van der Waals surface area contributed by atoms with E-state index in [1.165, 1.54) is 22.7 Å². The van der Waals surface area contributed by atoms with Crippen molar-refractivity contribution in [2.45, 2.75) is 6.54 Å². The normalized spacial score (nSPS) is 17.5. The fraction of sp³-hybridized carbons (Fsp3) is 0.462. The standard InChI is InChI=1S/C13H17FN6O2S/c1-23(21,22)19-8-6-18(7-9-19)10-13-15-16-17-20(13)12-4-2-11(14)3-5-12/h2-5H,6-10H2,1H3. The Morgan fingerprint density at radius 1 is 1.13 bits per heavy atom. The summed E-state index contributed by atoms with van der Waals surface area (Å²) in [6.45, 7) is 2.64. The zero-order chi connectivity index (χ0) is 16.4. The van der Waals surface area contributed by atoms with E-state index >= 15 is 0 Å². The number of halogens is 1. The number of aromatic nitrogens is 4. The molecule has 1 aromatic heterocycles. The number of tetrazole rings is 1. The van der Waals surface area contributed by atoms with Gasteiger partial charge in [0.1, 0.15) is 5.82 Å². The smallest absolute Gasteiger partial charge is 0.211 e. The van der Waals surface area contributed by atoms with E-state index in [0.717, 1.165) is 0 Å². The van der Waals surface area contributed by atoms with E-state index in [9.17, 15) is 12.8 Å². The van der Waals surface area contributed by atoms with E-state index in [4.69, 9.17) is 0 Å². The highest BCUT2D eigenvalue weighted by atomic mass is 32.2. The number of piperazine rings is 1. The maximum absolute atomic E-state index is 13.0. The first kappa shape index (κ1) is 16.0. The largest absolute Gasteiger partial charge is 0.293 e. The zero-order valence-corrected chi connectivity index (χ0v) is 13.4. The van der Waals surface area contributed by atoms with E-state index in [0.29, 0.717) is 44.2 Å². The monoisotopic (exact) mass is 340 g/mol. The Balaban J connectivity index is 1.68. The minimum absolute atomic E-state index is 0.319. The lowest BCUT2D eigenvalue weighted by Gasteiger charge is -2.32. The molecule has 1 fully saturated rings. The van der Waals surface area contributed by atoms with E-state index in [-0.39, 0.29) is 5.82 Å². The van der Waals surface area contributed by atoms with Crippen molar-refractivity contribution in [3.05, 3.63) is 35.9 Å². The summed E-state index contributed by atoms with van der Waals surface area (Å²) in [4.78, 5) is 2.09. The maximum atomic E-state index is 13.0. The molecule has 2 heterocycles. The fourth-order valence-electron chi connectivity index (χ4n) is 2.51. The van der Waals surface area contributed by atoms with Crippen LogP contribution in [-0.4, -0.2) is 70.3 Å². The Hall–Kier alpha value is -1.91. The molecule has 0 spiro atoms. The van der Waals surface area contributed by atoms with Crippen LogP contribution in [0.4, 0.5) is 4.39 Å². The van der Waals surface area contributed by atoms with Gasteiger partial charge in [-0.1, -0.05) is 0 Å². The first-order chi connectivity index (χ1) is 10.9. The molecule has 0 amide bonds. The minimum atomic E-state index is -3.14. The molecule has 0 radical (unpaired) electrons. The SMILES string of the molecule is CS(=O)(=O)N1CCN(Cc2nnnn2-c2ccc(F)cc2)CC1. The second-order valence-electron chi connectivity index (χ2n) is 5.42. The van der Waals surface area contributed by atoms with Crippen LogP contribution in [0.1, 0.15) is 5.82 Å². The summed E-state index contributed by atoms with van der Waals surface area (Å²) in [6, 6.07) is 5.92. The lowest BCUT2D eigenvalue weighted by atomic mass is 10.3. The van der Waals surface area contributed by atoms with Gasteiger partial charge >= 0.3 is 0 Å². The first-order valence-electron chi connectivity index (χ1n) is 7.14. The van der Waals surface area contributed by atoms with Crippen LogP contribution in [0.15, 0.2) is 24.3 Å². The van der Waals surface area contributed by atoms with Crippen LogP contribution in [0.25, 0.3) is 5.69 Å². The summed E-state index contributed by atoms with van der Waals surface area (Å²) >= 11 is 0. The van der Waals surface area contributed by atoms with Crippen molar-refractivity contribution in [3.8, 4) is 5.69 Å². The number of sulfonamides is 1. The van der Waals surface area contributed by atoms with E-state index in [2.05, 4.69) is 20.4 Å². The van der Waals surface area contributed by atoms with Gasteiger partial charge in [-0.15, -0.1) is 5.10 Å². The van der Waals surface area contributed by atoms with Gasteiger partial charge in [0, 0.05) is 26.2 Å². The van der Waals surface area contributed by atoms with E-state index in [1.54, 1.807) is 16.8 Å². The molecular weight excluding hydrogens is 323 g/mol. The van der Waals surface area contributed by atoms with Crippen molar-refractivity contribution < 1.29 is 12.8 Å². The van der Waals surface area contributed by atoms with Gasteiger partial charge in [-0.2, -0.15) is 8.99 Å². The molecule has 1 aliphatic rings. The molecule has 0 atom stereocenters. The number of hydrogen-bond acceptors (Lipinski definition) is 6. The third-order valence-corrected chi connectivity index (χ3v) is 5.07. The van der Waals surface area contributed by atoms with Crippen LogP contribution in [0, 0.1) is 5.82 Å². The van der Waals surface area contributed by atoms with Crippen LogP contribution in [0.3, 0.4) is 0 Å². The average molecular weight is 340 g/mol. The van der Waals surface area contributed by atoms with Crippen molar-refractivity contribution in [2.24, 2.45) is 0 Å². The van der Waals surface area contributed by atoms with Gasteiger partial charge < -0.3 is 0 Å². The summed E-state index contributed by atoms with van der Waals surface area (Å²) in [6.07, 6.45) is 1.22. The highest BCUT2D eigenvalue weighted by molar-refractivity contribution is 7.88. The number of hydrogen-bond donors (Lipinski definition) is 0. The minimum Gasteiger partial charge on any atom is -0.293 e. The third kappa shape index (κ3) is 3.71. The Morgan fingerprint density at radius 2 is 1.78 bits per heavy atom. The lowest BCUT2D eigenvalue weighted by molar-refractivity contribution is 0.177. The van der Waals surface area contributed by atoms with Gasteiger partial charge in [0.15, 0.2) is 5.82 Å². The predicted octanol–water partition coefficient (Wildman–Crippen LogP) is -0.121.